The third kappa shape index (κ3) is 7.82. The van der Waals surface area contributed by atoms with Crippen LogP contribution in [0.4, 0.5) is 11.4 Å². The maximum absolute atomic E-state index is 13.5. The summed E-state index contributed by atoms with van der Waals surface area (Å²) in [5.41, 5.74) is -4.83. The molecule has 210 valence electrons. The third-order valence-corrected chi connectivity index (χ3v) is 5.08. The molecule has 0 bridgehead atoms. The van der Waals surface area contributed by atoms with E-state index in [-0.39, 0.29) is 10.6 Å². The van der Waals surface area contributed by atoms with E-state index in [4.69, 9.17) is 49.9 Å². The lowest BCUT2D eigenvalue weighted by Crippen LogP contribution is -2.11. The molecule has 0 fully saturated rings. The number of likely N-dealkylation sites (N-methyl/N-ethyl adjacent to an activating group) is 1. The van der Waals surface area contributed by atoms with Gasteiger partial charge in [0.15, 0.2) is 5.78 Å². The molecule has 0 aliphatic rings. The van der Waals surface area contributed by atoms with Crippen LogP contribution in [-0.4, -0.2) is 47.7 Å². The predicted molar refractivity (Wildman–Crippen MR) is 162 cm³/mol. The number of pyridine rings is 2. The van der Waals surface area contributed by atoms with Gasteiger partial charge < -0.3 is 19.7 Å². The number of benzene rings is 2. The molecule has 4 rings (SSSR count). The molecular weight excluding hydrogens is 538 g/mol. The van der Waals surface area contributed by atoms with E-state index in [1.807, 2.05) is 0 Å². The van der Waals surface area contributed by atoms with Crippen LogP contribution in [0, 0.1) is 18.3 Å². The van der Waals surface area contributed by atoms with E-state index >= 15 is 0 Å². The topological polar surface area (TPSA) is 100 Å². The second kappa shape index (κ2) is 13.8. The maximum atomic E-state index is 13.5. The fraction of sp³-hybridized carbons (Fsp3) is 0.250. The molecule has 0 spiro atoms. The summed E-state index contributed by atoms with van der Waals surface area (Å²) < 4.78 is 190. The number of hydrogen-bond acceptors (Lipinski definition) is 8. The zero-order valence-corrected chi connectivity index (χ0v) is 21.9. The highest BCUT2D eigenvalue weighted by Crippen LogP contribution is 2.36. The van der Waals surface area contributed by atoms with Crippen LogP contribution in [0.15, 0.2) is 66.6 Å². The zero-order valence-electron chi connectivity index (χ0n) is 43.2. The van der Waals surface area contributed by atoms with Crippen molar-refractivity contribution in [2.24, 2.45) is 0 Å². The number of aromatic nitrogens is 2. The summed E-state index contributed by atoms with van der Waals surface area (Å²) in [6.07, 6.45) is -1.84. The summed E-state index contributed by atoms with van der Waals surface area (Å²) in [7, 11) is 0.801. The van der Waals surface area contributed by atoms with Gasteiger partial charge in [0, 0.05) is 58.4 Å². The van der Waals surface area contributed by atoms with Crippen LogP contribution >= 0.6 is 11.6 Å². The lowest BCUT2D eigenvalue weighted by Gasteiger charge is -2.16. The van der Waals surface area contributed by atoms with E-state index in [9.17, 15) is 11.4 Å². The van der Waals surface area contributed by atoms with Crippen molar-refractivity contribution in [2.45, 2.75) is 26.8 Å². The molecule has 8 nitrogen and oxygen atoms in total. The highest BCUT2D eigenvalue weighted by molar-refractivity contribution is 6.32. The van der Waals surface area contributed by atoms with Gasteiger partial charge >= 0.3 is 0 Å². The lowest BCUT2D eigenvalue weighted by molar-refractivity contribution is -0.114. The van der Waals surface area contributed by atoms with Crippen LogP contribution in [0.25, 0.3) is 10.9 Å². The average Bonchev–Trinajstić information content (AvgIpc) is 3.16. The number of nitriles is 1. The second-order valence-corrected chi connectivity index (χ2v) is 8.19. The molecule has 2 aromatic heterocycles. The molecule has 0 saturated carbocycles. The molecule has 0 aliphatic carbocycles. The van der Waals surface area contributed by atoms with Crippen molar-refractivity contribution in [2.75, 3.05) is 32.4 Å². The van der Waals surface area contributed by atoms with E-state index in [2.05, 4.69) is 15.3 Å². The number of carbonyl (C=O) groups is 1. The first-order valence-corrected chi connectivity index (χ1v) is 11.6. The first-order valence-electron chi connectivity index (χ1n) is 22.3. The zero-order chi connectivity index (χ0) is 48.4. The SMILES string of the molecule is [2H]/C(=C\C(=O)Cc1c(OC([2H])([2H])C([2H])([2H])[2H])c([2H])c2nc([2H])c(C#N)c(Nc3c([2H])c([2H])c(OC([2H])([2H])c4nc(C)c([2H])c([2H])c4[2H])c(Cl)c3[2H])c2c1[2H])C([2H])([2H])N(C)C([2H])([2H])[2H]. The molecule has 9 heteroatoms. The molecule has 0 unspecified atom stereocenters. The summed E-state index contributed by atoms with van der Waals surface area (Å²) >= 11 is 6.41. The monoisotopic (exact) mass is 591 g/mol. The van der Waals surface area contributed by atoms with Crippen LogP contribution in [0.1, 0.15) is 59.5 Å². The van der Waals surface area contributed by atoms with E-state index in [0.717, 1.165) is 7.05 Å². The number of nitrogens with zero attached hydrogens (tertiary/aromatic N) is 4. The number of halogens is 1. The van der Waals surface area contributed by atoms with Crippen molar-refractivity contribution >= 4 is 39.7 Å². The number of nitrogens with one attached hydrogen (secondary N) is 1. The normalized spacial score (nSPS) is 20.8. The van der Waals surface area contributed by atoms with Crippen molar-refractivity contribution in [1.29, 1.82) is 5.26 Å². The van der Waals surface area contributed by atoms with Crippen LogP contribution < -0.4 is 14.8 Å². The van der Waals surface area contributed by atoms with Gasteiger partial charge in [-0.05, 0) is 70.1 Å². The Morgan fingerprint density at radius 3 is 2.98 bits per heavy atom. The molecule has 0 radical (unpaired) electrons. The number of aryl methyl sites for hydroxylation is 1. The average molecular weight is 592 g/mol. The minimum Gasteiger partial charge on any atom is -0.494 e. The Bertz CT molecular complexity index is 2600. The Balaban J connectivity index is 2.02. The van der Waals surface area contributed by atoms with Crippen molar-refractivity contribution in [3.63, 3.8) is 0 Å². The van der Waals surface area contributed by atoms with E-state index in [0.29, 0.717) is 6.08 Å². The summed E-state index contributed by atoms with van der Waals surface area (Å²) in [6, 6.07) is -6.67. The van der Waals surface area contributed by atoms with E-state index < -0.39 is 162 Å². The Hall–Kier alpha value is -4.45. The molecule has 0 atom stereocenters. The van der Waals surface area contributed by atoms with Crippen LogP contribution in [0.5, 0.6) is 11.5 Å². The molecular formula is C32H32ClN5O3. The number of hydrogen-bond donors (Lipinski definition) is 1. The standard InChI is InChI=1S/C32H32ClN5O3/c1-5-40-31-17-29-27(15-22(31)14-26(39)10-7-13-38(3)4)32(23(18-34)19-35-29)37-24-11-12-30(28(33)16-24)41-20-25-9-6-8-21(2)36-25/h6-12,15-17,19H,5,13-14,20H2,1-4H3,(H,35,37)/b10-7+/i1D3,3D3,5D2,6D,7D,8D,9D,11D,12D,13D2,15D,16D,17D,19D,20D2. The Morgan fingerprint density at radius 2 is 2.17 bits per heavy atom. The first kappa shape index (κ1) is 12.2. The van der Waals surface area contributed by atoms with Crippen LogP contribution in [0.2, 0.25) is 5.02 Å². The Labute approximate surface area is 276 Å². The van der Waals surface area contributed by atoms with E-state index in [1.54, 1.807) is 6.07 Å². The second-order valence-electron chi connectivity index (χ2n) is 7.82. The van der Waals surface area contributed by atoms with E-state index in [1.165, 1.54) is 6.92 Å². The molecule has 41 heavy (non-hydrogen) atoms. The fourth-order valence-electron chi connectivity index (χ4n) is 3.16. The minimum absolute atomic E-state index is 0.157. The summed E-state index contributed by atoms with van der Waals surface area (Å²) in [4.78, 5) is 21.3. The summed E-state index contributed by atoms with van der Waals surface area (Å²) in [5.74, 6) is -3.35. The quantitative estimate of drug-likeness (QED) is 0.189. The van der Waals surface area contributed by atoms with Gasteiger partial charge in [0.2, 0.25) is 0 Å². The van der Waals surface area contributed by atoms with Gasteiger partial charge in [-0.15, -0.1) is 0 Å². The van der Waals surface area contributed by atoms with Crippen LogP contribution in [-0.2, 0) is 17.8 Å². The smallest absolute Gasteiger partial charge is 0.159 e. The van der Waals surface area contributed by atoms with Gasteiger partial charge in [-0.2, -0.15) is 5.26 Å². The number of anilines is 2. The van der Waals surface area contributed by atoms with Gasteiger partial charge in [-0.1, -0.05) is 23.7 Å². The number of rotatable bonds is 12. The number of carbonyl (C=O) groups excluding carboxylic acids is 1. The maximum Gasteiger partial charge on any atom is 0.159 e. The predicted octanol–water partition coefficient (Wildman–Crippen LogP) is 6.41. The van der Waals surface area contributed by atoms with Crippen molar-refractivity contribution in [3.8, 4) is 17.6 Å². The fourth-order valence-corrected chi connectivity index (χ4v) is 3.34. The van der Waals surface area contributed by atoms with Gasteiger partial charge in [-0.3, -0.25) is 14.8 Å². The molecule has 0 aliphatic heterocycles. The first-order chi connectivity index (χ1) is 28.5. The third-order valence-electron chi connectivity index (χ3n) is 4.82. The minimum atomic E-state index is -3.65. The molecule has 2 heterocycles. The number of allylic oxidation sites excluding steroid dienone is 1. The van der Waals surface area contributed by atoms with Crippen LogP contribution in [0.3, 0.4) is 0 Å². The highest BCUT2D eigenvalue weighted by atomic mass is 35.5. The number of ketones is 1. The number of ether oxygens (including phenoxy) is 2. The molecule has 2 aromatic carbocycles. The van der Waals surface area contributed by atoms with Gasteiger partial charge in [0.05, 0.1) is 53.2 Å². The number of fused-ring (bicyclic) bond motifs is 1. The van der Waals surface area contributed by atoms with Crippen molar-refractivity contribution < 1.29 is 44.4 Å². The molecule has 0 amide bonds. The largest absolute Gasteiger partial charge is 0.494 e. The molecule has 1 N–H and O–H groups in total. The summed E-state index contributed by atoms with van der Waals surface area (Å²) in [5, 5.41) is 11.1. The Kier molecular flexibility index (Phi) is 4.09. The lowest BCUT2D eigenvalue weighted by atomic mass is 10.0. The van der Waals surface area contributed by atoms with Crippen molar-refractivity contribution in [3.05, 3.63) is 94.2 Å². The van der Waals surface area contributed by atoms with Gasteiger partial charge in [-0.25, -0.2) is 0 Å². The van der Waals surface area contributed by atoms with Gasteiger partial charge in [0.1, 0.15) is 24.1 Å². The van der Waals surface area contributed by atoms with Gasteiger partial charge in [0.25, 0.3) is 0 Å². The molecule has 0 saturated heterocycles. The molecule has 4 aromatic rings. The highest BCUT2D eigenvalue weighted by Gasteiger charge is 2.16. The van der Waals surface area contributed by atoms with Crippen molar-refractivity contribution in [1.82, 2.24) is 14.9 Å². The summed E-state index contributed by atoms with van der Waals surface area (Å²) in [6.45, 7) is -15.3. The Morgan fingerprint density at radius 1 is 1.29 bits per heavy atom.